The fraction of sp³-hybridized carbons (Fsp3) is 0.478. The van der Waals surface area contributed by atoms with Crippen LogP contribution in [0.5, 0.6) is 5.75 Å². The molecule has 1 fully saturated rings. The second-order valence-corrected chi connectivity index (χ2v) is 9.17. The number of fused-ring (bicyclic) bond motifs is 1. The van der Waals surface area contributed by atoms with Gasteiger partial charge in [-0.25, -0.2) is 0 Å². The molecule has 4 heteroatoms. The molecule has 0 aliphatic carbocycles. The van der Waals surface area contributed by atoms with Crippen LogP contribution >= 0.6 is 0 Å². The standard InChI is InChI=1S/C23H29BO3/c1-21(2)22(3,4)27-24(26-21)16-23(5)15-20(17-11-7-6-8-12-17)25-19-14-10-9-13-18(19)23/h6-14,20H,15-16H2,1-5H3/t20-,23-/m1/s1. The van der Waals surface area contributed by atoms with Crippen molar-refractivity contribution in [3.8, 4) is 5.75 Å². The van der Waals surface area contributed by atoms with Gasteiger partial charge in [0.1, 0.15) is 11.9 Å². The zero-order valence-corrected chi connectivity index (χ0v) is 17.0. The molecule has 0 radical (unpaired) electrons. The average molecular weight is 364 g/mol. The molecule has 2 atom stereocenters. The Labute approximate surface area is 163 Å². The van der Waals surface area contributed by atoms with Gasteiger partial charge < -0.3 is 14.0 Å². The van der Waals surface area contributed by atoms with Crippen molar-refractivity contribution in [1.29, 1.82) is 0 Å². The second-order valence-electron chi connectivity index (χ2n) is 9.17. The number of ether oxygens (including phenoxy) is 1. The van der Waals surface area contributed by atoms with Crippen molar-refractivity contribution in [3.05, 3.63) is 65.7 Å². The van der Waals surface area contributed by atoms with Crippen LogP contribution in [0.25, 0.3) is 0 Å². The molecule has 3 nitrogen and oxygen atoms in total. The van der Waals surface area contributed by atoms with Gasteiger partial charge >= 0.3 is 7.12 Å². The van der Waals surface area contributed by atoms with E-state index in [9.17, 15) is 0 Å². The molecule has 2 aliphatic heterocycles. The summed E-state index contributed by atoms with van der Waals surface area (Å²) >= 11 is 0. The summed E-state index contributed by atoms with van der Waals surface area (Å²) < 4.78 is 19.0. The maximum Gasteiger partial charge on any atom is 0.458 e. The van der Waals surface area contributed by atoms with E-state index in [1.165, 1.54) is 11.1 Å². The monoisotopic (exact) mass is 364 g/mol. The molecule has 0 amide bonds. The Morgan fingerprint density at radius 1 is 0.852 bits per heavy atom. The summed E-state index contributed by atoms with van der Waals surface area (Å²) in [6, 6.07) is 18.9. The van der Waals surface area contributed by atoms with Crippen LogP contribution in [0, 0.1) is 0 Å². The maximum atomic E-state index is 6.38. The molecule has 0 saturated carbocycles. The maximum absolute atomic E-state index is 6.38. The Bertz CT molecular complexity index is 801. The van der Waals surface area contributed by atoms with Crippen LogP contribution in [0.3, 0.4) is 0 Å². The minimum absolute atomic E-state index is 0.0357. The molecule has 2 aromatic rings. The molecule has 0 spiro atoms. The number of hydrogen-bond acceptors (Lipinski definition) is 3. The summed E-state index contributed by atoms with van der Waals surface area (Å²) in [6.07, 6.45) is 1.75. The van der Waals surface area contributed by atoms with Gasteiger partial charge in [-0.05, 0) is 63.0 Å². The number of para-hydroxylation sites is 1. The third-order valence-electron chi connectivity index (χ3n) is 6.53. The highest BCUT2D eigenvalue weighted by Crippen LogP contribution is 2.50. The lowest BCUT2D eigenvalue weighted by atomic mass is 9.62. The van der Waals surface area contributed by atoms with Crippen molar-refractivity contribution < 1.29 is 14.0 Å². The van der Waals surface area contributed by atoms with Gasteiger partial charge in [0, 0.05) is 0 Å². The van der Waals surface area contributed by atoms with Gasteiger partial charge in [-0.1, -0.05) is 55.5 Å². The summed E-state index contributed by atoms with van der Waals surface area (Å²) in [5, 5.41) is 0. The van der Waals surface area contributed by atoms with Gasteiger partial charge in [-0.15, -0.1) is 0 Å². The number of hydrogen-bond donors (Lipinski definition) is 0. The first-order chi connectivity index (χ1) is 12.7. The van der Waals surface area contributed by atoms with Crippen LogP contribution in [-0.4, -0.2) is 18.3 Å². The molecule has 2 heterocycles. The largest absolute Gasteiger partial charge is 0.485 e. The normalized spacial score (nSPS) is 28.5. The van der Waals surface area contributed by atoms with Gasteiger partial charge in [-0.3, -0.25) is 0 Å². The van der Waals surface area contributed by atoms with Crippen molar-refractivity contribution in [2.75, 3.05) is 0 Å². The third-order valence-corrected chi connectivity index (χ3v) is 6.53. The summed E-state index contributed by atoms with van der Waals surface area (Å²) in [5.41, 5.74) is 1.75. The summed E-state index contributed by atoms with van der Waals surface area (Å²) in [6.45, 7) is 10.8. The number of benzene rings is 2. The van der Waals surface area contributed by atoms with E-state index < -0.39 is 0 Å². The van der Waals surface area contributed by atoms with E-state index >= 15 is 0 Å². The Balaban J connectivity index is 1.66. The fourth-order valence-corrected chi connectivity index (χ4v) is 4.25. The van der Waals surface area contributed by atoms with Gasteiger partial charge in [0.25, 0.3) is 0 Å². The molecule has 0 aromatic heterocycles. The molecule has 2 aliphatic rings. The topological polar surface area (TPSA) is 27.7 Å². The first-order valence-electron chi connectivity index (χ1n) is 9.87. The lowest BCUT2D eigenvalue weighted by molar-refractivity contribution is 0.00578. The summed E-state index contributed by atoms with van der Waals surface area (Å²) in [7, 11) is -0.220. The summed E-state index contributed by atoms with van der Waals surface area (Å²) in [5.74, 6) is 0.969. The van der Waals surface area contributed by atoms with Gasteiger partial charge in [-0.2, -0.15) is 0 Å². The lowest BCUT2D eigenvalue weighted by Gasteiger charge is -2.40. The van der Waals surface area contributed by atoms with Crippen LogP contribution < -0.4 is 4.74 Å². The minimum Gasteiger partial charge on any atom is -0.485 e. The van der Waals surface area contributed by atoms with Crippen LogP contribution in [-0.2, 0) is 14.7 Å². The van der Waals surface area contributed by atoms with E-state index in [-0.39, 0.29) is 29.8 Å². The Morgan fingerprint density at radius 2 is 1.44 bits per heavy atom. The molecule has 0 unspecified atom stereocenters. The summed E-state index contributed by atoms with van der Waals surface area (Å²) in [4.78, 5) is 0. The molecule has 142 valence electrons. The highest BCUT2D eigenvalue weighted by Gasteiger charge is 2.54. The molecular formula is C23H29BO3. The molecule has 4 rings (SSSR count). The molecule has 27 heavy (non-hydrogen) atoms. The first kappa shape index (κ1) is 18.6. The first-order valence-corrected chi connectivity index (χ1v) is 9.87. The van der Waals surface area contributed by atoms with E-state index in [0.29, 0.717) is 0 Å². The van der Waals surface area contributed by atoms with Crippen molar-refractivity contribution in [2.24, 2.45) is 0 Å². The van der Waals surface area contributed by atoms with Gasteiger partial charge in [0.05, 0.1) is 11.2 Å². The fourth-order valence-electron chi connectivity index (χ4n) is 4.25. The van der Waals surface area contributed by atoms with Crippen molar-refractivity contribution >= 4 is 7.12 Å². The minimum atomic E-state index is -0.308. The number of rotatable bonds is 3. The zero-order chi connectivity index (χ0) is 19.3. The molecule has 0 N–H and O–H groups in total. The Hall–Kier alpha value is -1.78. The smallest absolute Gasteiger partial charge is 0.458 e. The van der Waals surface area contributed by atoms with E-state index in [1.54, 1.807) is 0 Å². The van der Waals surface area contributed by atoms with Gasteiger partial charge in [0.2, 0.25) is 0 Å². The van der Waals surface area contributed by atoms with Crippen LogP contribution in [0.4, 0.5) is 0 Å². The predicted octanol–water partition coefficient (Wildman–Crippen LogP) is 5.56. The molecular weight excluding hydrogens is 335 g/mol. The Morgan fingerprint density at radius 3 is 2.11 bits per heavy atom. The van der Waals surface area contributed by atoms with E-state index in [4.69, 9.17) is 14.0 Å². The molecule has 2 aromatic carbocycles. The van der Waals surface area contributed by atoms with E-state index in [0.717, 1.165) is 18.5 Å². The third kappa shape index (κ3) is 3.30. The lowest BCUT2D eigenvalue weighted by Crippen LogP contribution is -2.41. The van der Waals surface area contributed by atoms with Crippen LogP contribution in [0.2, 0.25) is 6.32 Å². The second kappa shape index (κ2) is 6.39. The van der Waals surface area contributed by atoms with E-state index in [1.807, 2.05) is 12.1 Å². The van der Waals surface area contributed by atoms with Crippen LogP contribution in [0.15, 0.2) is 54.6 Å². The SMILES string of the molecule is CC1(C)OB(C[C@@]2(C)C[C@H](c3ccccc3)Oc3ccccc32)OC1(C)C. The van der Waals surface area contributed by atoms with Gasteiger partial charge in [0.15, 0.2) is 0 Å². The van der Waals surface area contributed by atoms with E-state index in [2.05, 4.69) is 77.1 Å². The van der Waals surface area contributed by atoms with Crippen molar-refractivity contribution in [1.82, 2.24) is 0 Å². The Kier molecular flexibility index (Phi) is 4.40. The quantitative estimate of drug-likeness (QED) is 0.668. The molecule has 0 bridgehead atoms. The van der Waals surface area contributed by atoms with Crippen LogP contribution in [0.1, 0.15) is 58.3 Å². The highest BCUT2D eigenvalue weighted by molar-refractivity contribution is 6.46. The molecule has 1 saturated heterocycles. The van der Waals surface area contributed by atoms with Crippen molar-refractivity contribution in [2.45, 2.75) is 70.1 Å². The predicted molar refractivity (Wildman–Crippen MR) is 109 cm³/mol. The average Bonchev–Trinajstić information content (AvgIpc) is 2.81. The highest BCUT2D eigenvalue weighted by atomic mass is 16.7. The zero-order valence-electron chi connectivity index (χ0n) is 17.0. The van der Waals surface area contributed by atoms with Crippen molar-refractivity contribution in [3.63, 3.8) is 0 Å².